The summed E-state index contributed by atoms with van der Waals surface area (Å²) in [5.41, 5.74) is 1.28. The number of amides is 1. The van der Waals surface area contributed by atoms with Gasteiger partial charge in [0.2, 0.25) is 10.0 Å². The summed E-state index contributed by atoms with van der Waals surface area (Å²) in [7, 11) is 1.55. The van der Waals surface area contributed by atoms with Crippen molar-refractivity contribution in [2.45, 2.75) is 63.2 Å². The first kappa shape index (κ1) is 33.1. The average molecular weight is 610 g/mol. The Morgan fingerprint density at radius 3 is 2.41 bits per heavy atom. The fourth-order valence-corrected chi connectivity index (χ4v) is 6.10. The van der Waals surface area contributed by atoms with Gasteiger partial charge in [-0.1, -0.05) is 18.5 Å². The molecule has 0 bridgehead atoms. The molecule has 11 heteroatoms. The Morgan fingerprint density at radius 2 is 1.78 bits per heavy atom. The first-order valence-corrected chi connectivity index (χ1v) is 15.9. The molecule has 1 heterocycles. The number of benzene rings is 2. The molecular weight excluding hydrogens is 566 g/mol. The van der Waals surface area contributed by atoms with Crippen molar-refractivity contribution < 1.29 is 27.8 Å². The molecule has 0 aliphatic carbocycles. The van der Waals surface area contributed by atoms with Gasteiger partial charge in [0.1, 0.15) is 5.75 Å². The molecular formula is C30H44ClN3O6S. The van der Waals surface area contributed by atoms with Crippen molar-refractivity contribution in [3.05, 3.63) is 53.1 Å². The zero-order chi connectivity index (χ0) is 30.3. The number of nitrogens with zero attached hydrogens (tertiary/aromatic N) is 3. The summed E-state index contributed by atoms with van der Waals surface area (Å²) in [6.07, 6.45) is 1.80. The van der Waals surface area contributed by atoms with Gasteiger partial charge in [0.15, 0.2) is 0 Å². The maximum Gasteiger partial charge on any atom is 0.258 e. The van der Waals surface area contributed by atoms with E-state index in [9.17, 15) is 18.3 Å². The summed E-state index contributed by atoms with van der Waals surface area (Å²) < 4.78 is 40.5. The number of sulfonamides is 1. The lowest BCUT2D eigenvalue weighted by atomic mass is 10.0. The Morgan fingerprint density at radius 1 is 1.10 bits per heavy atom. The standard InChI is InChI=1S/C30H44ClN3O6S/c1-21-18-34(22(2)20-35)30(36)27-17-25(32(4)5)12-15-28(27)40-23(3)9-7-8-16-39-29(21)19-33(6)41(37,38)26-13-10-24(31)11-14-26/h10-15,17,21-23,29,35H,7-9,16,18-20H2,1-6H3/t21-,22+,23+,29+/m0/s1. The van der Waals surface area contributed by atoms with Crippen LogP contribution in [-0.2, 0) is 14.8 Å². The first-order valence-electron chi connectivity index (χ1n) is 14.1. The zero-order valence-corrected chi connectivity index (χ0v) is 26.5. The predicted octanol–water partition coefficient (Wildman–Crippen LogP) is 4.52. The van der Waals surface area contributed by atoms with E-state index in [4.69, 9.17) is 21.1 Å². The summed E-state index contributed by atoms with van der Waals surface area (Å²) in [6, 6.07) is 11.2. The molecule has 0 saturated carbocycles. The number of aliphatic hydroxyl groups is 1. The van der Waals surface area contributed by atoms with Crippen LogP contribution in [0.5, 0.6) is 5.75 Å². The highest BCUT2D eigenvalue weighted by molar-refractivity contribution is 7.89. The number of fused-ring (bicyclic) bond motifs is 1. The monoisotopic (exact) mass is 609 g/mol. The zero-order valence-electron chi connectivity index (χ0n) is 24.9. The van der Waals surface area contributed by atoms with Crippen molar-refractivity contribution in [2.24, 2.45) is 5.92 Å². The molecule has 1 amide bonds. The normalized spacial score (nSPS) is 22.0. The number of anilines is 1. The van der Waals surface area contributed by atoms with Crippen LogP contribution in [0.3, 0.4) is 0 Å². The summed E-state index contributed by atoms with van der Waals surface area (Å²) in [4.78, 5) is 17.8. The van der Waals surface area contributed by atoms with Crippen molar-refractivity contribution in [3.8, 4) is 5.75 Å². The molecule has 2 aromatic rings. The molecule has 1 N–H and O–H groups in total. The fourth-order valence-electron chi connectivity index (χ4n) is 4.79. The van der Waals surface area contributed by atoms with E-state index in [1.165, 1.54) is 23.5 Å². The van der Waals surface area contributed by atoms with Crippen LogP contribution in [-0.4, -0.2) is 94.3 Å². The molecule has 2 aromatic carbocycles. The molecule has 4 atom stereocenters. The van der Waals surface area contributed by atoms with Gasteiger partial charge in [0, 0.05) is 57.5 Å². The lowest BCUT2D eigenvalue weighted by Gasteiger charge is -2.35. The van der Waals surface area contributed by atoms with Gasteiger partial charge in [0.05, 0.1) is 35.3 Å². The van der Waals surface area contributed by atoms with Crippen LogP contribution in [0, 0.1) is 5.92 Å². The van der Waals surface area contributed by atoms with Crippen molar-refractivity contribution in [2.75, 3.05) is 52.3 Å². The molecule has 41 heavy (non-hydrogen) atoms. The summed E-state index contributed by atoms with van der Waals surface area (Å²) in [6.45, 7) is 6.29. The van der Waals surface area contributed by atoms with Gasteiger partial charge in [0.25, 0.3) is 5.91 Å². The van der Waals surface area contributed by atoms with E-state index in [1.807, 2.05) is 51.0 Å². The van der Waals surface area contributed by atoms with Crippen LogP contribution in [0.15, 0.2) is 47.4 Å². The van der Waals surface area contributed by atoms with Crippen molar-refractivity contribution in [3.63, 3.8) is 0 Å². The molecule has 228 valence electrons. The molecule has 0 spiro atoms. The highest BCUT2D eigenvalue weighted by Crippen LogP contribution is 2.29. The minimum absolute atomic E-state index is 0.0997. The minimum Gasteiger partial charge on any atom is -0.490 e. The van der Waals surface area contributed by atoms with E-state index < -0.39 is 22.2 Å². The number of hydrogen-bond donors (Lipinski definition) is 1. The van der Waals surface area contributed by atoms with E-state index in [0.717, 1.165) is 24.9 Å². The fraction of sp³-hybridized carbons (Fsp3) is 0.567. The quantitative estimate of drug-likeness (QED) is 0.493. The predicted molar refractivity (Wildman–Crippen MR) is 162 cm³/mol. The highest BCUT2D eigenvalue weighted by Gasteiger charge is 2.32. The first-order chi connectivity index (χ1) is 19.3. The van der Waals surface area contributed by atoms with E-state index in [-0.39, 0.29) is 42.5 Å². The second-order valence-electron chi connectivity index (χ2n) is 11.1. The third kappa shape index (κ3) is 8.58. The van der Waals surface area contributed by atoms with Crippen LogP contribution in [0.2, 0.25) is 5.02 Å². The van der Waals surface area contributed by atoms with Crippen LogP contribution in [0.4, 0.5) is 5.69 Å². The van der Waals surface area contributed by atoms with Gasteiger partial charge in [-0.15, -0.1) is 0 Å². The topological polar surface area (TPSA) is 99.6 Å². The van der Waals surface area contributed by atoms with E-state index in [2.05, 4.69) is 0 Å². The largest absolute Gasteiger partial charge is 0.490 e. The second-order valence-corrected chi connectivity index (χ2v) is 13.6. The average Bonchev–Trinajstić information content (AvgIpc) is 2.93. The van der Waals surface area contributed by atoms with Gasteiger partial charge >= 0.3 is 0 Å². The Labute approximate surface area is 250 Å². The van der Waals surface area contributed by atoms with E-state index in [0.29, 0.717) is 22.9 Å². The van der Waals surface area contributed by atoms with Crippen LogP contribution >= 0.6 is 11.6 Å². The number of carbonyl (C=O) groups excluding carboxylic acids is 1. The second kappa shape index (κ2) is 14.7. The highest BCUT2D eigenvalue weighted by atomic mass is 35.5. The summed E-state index contributed by atoms with van der Waals surface area (Å²) in [5.74, 6) is -0.00382. The van der Waals surface area contributed by atoms with E-state index in [1.54, 1.807) is 24.0 Å². The van der Waals surface area contributed by atoms with Gasteiger partial charge in [-0.2, -0.15) is 4.31 Å². The Bertz CT molecular complexity index is 1260. The number of halogens is 1. The SMILES string of the molecule is C[C@@H]1CCCCO[C@H](CN(C)S(=O)(=O)c2ccc(Cl)cc2)[C@@H](C)CN([C@H](C)CO)C(=O)c2cc(N(C)C)ccc2O1. The summed E-state index contributed by atoms with van der Waals surface area (Å²) >= 11 is 5.96. The molecule has 1 aliphatic rings. The minimum atomic E-state index is -3.79. The maximum absolute atomic E-state index is 14.1. The van der Waals surface area contributed by atoms with Crippen molar-refractivity contribution in [1.82, 2.24) is 9.21 Å². The van der Waals surface area contributed by atoms with Crippen LogP contribution < -0.4 is 9.64 Å². The van der Waals surface area contributed by atoms with Crippen LogP contribution in [0.25, 0.3) is 0 Å². The molecule has 0 fully saturated rings. The van der Waals surface area contributed by atoms with Crippen molar-refractivity contribution >= 4 is 33.2 Å². The lowest BCUT2D eigenvalue weighted by molar-refractivity contribution is -0.00833. The number of aliphatic hydroxyl groups excluding tert-OH is 1. The van der Waals surface area contributed by atoms with E-state index >= 15 is 0 Å². The molecule has 3 rings (SSSR count). The third-order valence-electron chi connectivity index (χ3n) is 7.51. The van der Waals surface area contributed by atoms with Crippen molar-refractivity contribution in [1.29, 1.82) is 0 Å². The van der Waals surface area contributed by atoms with Gasteiger partial charge in [-0.25, -0.2) is 8.42 Å². The smallest absolute Gasteiger partial charge is 0.258 e. The third-order valence-corrected chi connectivity index (χ3v) is 9.60. The molecule has 0 aromatic heterocycles. The number of carbonyl (C=O) groups is 1. The molecule has 1 aliphatic heterocycles. The van der Waals surface area contributed by atoms with Gasteiger partial charge < -0.3 is 24.4 Å². The number of hydrogen-bond acceptors (Lipinski definition) is 7. The lowest BCUT2D eigenvalue weighted by Crippen LogP contribution is -2.48. The Balaban J connectivity index is 1.96. The van der Waals surface area contributed by atoms with Crippen LogP contribution in [0.1, 0.15) is 50.4 Å². The molecule has 0 unspecified atom stereocenters. The number of ether oxygens (including phenoxy) is 2. The van der Waals surface area contributed by atoms with Gasteiger partial charge in [-0.3, -0.25) is 4.79 Å². The Hall–Kier alpha value is -2.37. The molecule has 0 saturated heterocycles. The summed E-state index contributed by atoms with van der Waals surface area (Å²) in [5, 5.41) is 10.6. The molecule has 0 radical (unpaired) electrons. The number of rotatable bonds is 7. The number of likely N-dealkylation sites (N-methyl/N-ethyl adjacent to an activating group) is 1. The molecule has 9 nitrogen and oxygen atoms in total. The van der Waals surface area contributed by atoms with Gasteiger partial charge in [-0.05, 0) is 75.6 Å². The Kier molecular flexibility index (Phi) is 11.9. The maximum atomic E-state index is 14.1.